The summed E-state index contributed by atoms with van der Waals surface area (Å²) in [5.41, 5.74) is -0.525. The summed E-state index contributed by atoms with van der Waals surface area (Å²) < 4.78 is 0. The predicted molar refractivity (Wildman–Crippen MR) is 64.8 cm³/mol. The van der Waals surface area contributed by atoms with Crippen molar-refractivity contribution >= 4 is 13.1 Å². The molecule has 1 saturated heterocycles. The predicted octanol–water partition coefficient (Wildman–Crippen LogP) is -0.948. The highest BCUT2D eigenvalue weighted by atomic mass is 16.4. The number of aliphatic carboxylic acids is 1. The number of aliphatic hydroxyl groups is 1. The summed E-state index contributed by atoms with van der Waals surface area (Å²) in [6.45, 7) is 1.87. The van der Waals surface area contributed by atoms with Crippen LogP contribution in [0.1, 0.15) is 26.2 Å². The fourth-order valence-electron chi connectivity index (χ4n) is 3.62. The van der Waals surface area contributed by atoms with E-state index in [-0.39, 0.29) is 18.3 Å². The fourth-order valence-corrected chi connectivity index (χ4v) is 3.62. The van der Waals surface area contributed by atoms with Crippen LogP contribution >= 0.6 is 0 Å². The van der Waals surface area contributed by atoms with Gasteiger partial charge in [-0.05, 0) is 19.2 Å². The number of nitrogens with one attached hydrogen (secondary N) is 1. The average Bonchev–Trinajstić information content (AvgIpc) is 2.44. The Labute approximate surface area is 106 Å². The van der Waals surface area contributed by atoms with Gasteiger partial charge in [-0.15, -0.1) is 0 Å². The topological polar surface area (TPSA) is 110 Å². The van der Waals surface area contributed by atoms with Gasteiger partial charge in [-0.3, -0.25) is 4.79 Å². The number of fused-ring (bicyclic) bond motifs is 1. The minimum atomic E-state index is -1.35. The summed E-state index contributed by atoms with van der Waals surface area (Å²) in [5.74, 6) is -0.946. The maximum atomic E-state index is 11.3. The first-order valence-corrected chi connectivity index (χ1v) is 6.39. The summed E-state index contributed by atoms with van der Waals surface area (Å²) in [6, 6.07) is -0.592. The zero-order valence-electron chi connectivity index (χ0n) is 10.4. The minimum absolute atomic E-state index is 0.0468. The van der Waals surface area contributed by atoms with Crippen LogP contribution in [0.25, 0.3) is 0 Å². The van der Waals surface area contributed by atoms with Gasteiger partial charge in [0.05, 0.1) is 6.10 Å². The molecule has 2 fully saturated rings. The van der Waals surface area contributed by atoms with Crippen molar-refractivity contribution in [2.45, 2.75) is 50.7 Å². The number of carboxylic acids is 1. The van der Waals surface area contributed by atoms with E-state index in [0.29, 0.717) is 19.3 Å². The molecular weight excluding hydrogens is 237 g/mol. The third-order valence-electron chi connectivity index (χ3n) is 4.57. The van der Waals surface area contributed by atoms with Crippen LogP contribution in [0, 0.1) is 11.3 Å². The largest absolute Gasteiger partial charge is 0.480 e. The highest BCUT2D eigenvalue weighted by Crippen LogP contribution is 2.52. The van der Waals surface area contributed by atoms with Crippen molar-refractivity contribution in [2.24, 2.45) is 11.3 Å². The van der Waals surface area contributed by atoms with Gasteiger partial charge in [0.1, 0.15) is 6.04 Å². The highest BCUT2D eigenvalue weighted by molar-refractivity contribution is 6.40. The van der Waals surface area contributed by atoms with Crippen LogP contribution in [0.15, 0.2) is 0 Å². The Morgan fingerprint density at radius 3 is 2.67 bits per heavy atom. The lowest BCUT2D eigenvalue weighted by Crippen LogP contribution is -2.51. The second kappa shape index (κ2) is 4.81. The molecule has 1 aliphatic carbocycles. The first kappa shape index (κ1) is 13.8. The minimum Gasteiger partial charge on any atom is -0.480 e. The lowest BCUT2D eigenvalue weighted by molar-refractivity contribution is -0.142. The molecule has 0 bridgehead atoms. The van der Waals surface area contributed by atoms with Crippen LogP contribution in [0.4, 0.5) is 0 Å². The standard InChI is InChI=1S/C11H20BNO5/c1-11(3-2-4-12(17)18)8-6(5-7(8)14)13-9(11)10(15)16/h6-9,13-14,17-18H,2-5H2,1H3,(H,15,16). The fraction of sp³-hybridized carbons (Fsp3) is 0.909. The third kappa shape index (κ3) is 2.16. The van der Waals surface area contributed by atoms with E-state index in [2.05, 4.69) is 5.32 Å². The van der Waals surface area contributed by atoms with Crippen molar-refractivity contribution in [3.05, 3.63) is 0 Å². The SMILES string of the molecule is CC1(CCCB(O)O)C(C(=O)O)NC2CC(O)C21. The van der Waals surface area contributed by atoms with Crippen molar-refractivity contribution in [3.63, 3.8) is 0 Å². The second-order valence-corrected chi connectivity index (χ2v) is 5.75. The van der Waals surface area contributed by atoms with E-state index in [4.69, 9.17) is 10.0 Å². The van der Waals surface area contributed by atoms with Crippen molar-refractivity contribution in [3.8, 4) is 0 Å². The number of carboxylic acid groups (broad SMARTS) is 1. The molecular formula is C11H20BNO5. The quantitative estimate of drug-likeness (QED) is 0.406. The van der Waals surface area contributed by atoms with Crippen LogP contribution in [0.2, 0.25) is 6.32 Å². The zero-order valence-corrected chi connectivity index (χ0v) is 10.4. The Hall–Kier alpha value is -0.625. The summed E-state index contributed by atoms with van der Waals surface area (Å²) in [4.78, 5) is 11.3. The van der Waals surface area contributed by atoms with Crippen molar-refractivity contribution in [1.29, 1.82) is 0 Å². The summed E-state index contributed by atoms with van der Waals surface area (Å²) in [6.07, 6.45) is 1.49. The first-order valence-electron chi connectivity index (χ1n) is 6.39. The van der Waals surface area contributed by atoms with E-state index in [9.17, 15) is 15.0 Å². The Kier molecular flexibility index (Phi) is 3.69. The molecule has 0 aromatic carbocycles. The van der Waals surface area contributed by atoms with Crippen molar-refractivity contribution in [1.82, 2.24) is 5.32 Å². The van der Waals surface area contributed by atoms with E-state index in [1.54, 1.807) is 0 Å². The van der Waals surface area contributed by atoms with Gasteiger partial charge in [0.15, 0.2) is 0 Å². The molecule has 2 rings (SSSR count). The molecule has 5 unspecified atom stereocenters. The molecule has 1 heterocycles. The van der Waals surface area contributed by atoms with Crippen LogP contribution in [-0.4, -0.2) is 51.5 Å². The smallest absolute Gasteiger partial charge is 0.451 e. The lowest BCUT2D eigenvalue weighted by Gasteiger charge is -2.44. The van der Waals surface area contributed by atoms with E-state index in [0.717, 1.165) is 0 Å². The molecule has 2 aliphatic rings. The monoisotopic (exact) mass is 257 g/mol. The van der Waals surface area contributed by atoms with Gasteiger partial charge in [-0.2, -0.15) is 0 Å². The van der Waals surface area contributed by atoms with E-state index in [1.807, 2.05) is 6.92 Å². The van der Waals surface area contributed by atoms with E-state index >= 15 is 0 Å². The number of aliphatic hydroxyl groups excluding tert-OH is 1. The van der Waals surface area contributed by atoms with Gasteiger partial charge in [-0.25, -0.2) is 0 Å². The molecule has 1 saturated carbocycles. The van der Waals surface area contributed by atoms with Crippen LogP contribution in [0.3, 0.4) is 0 Å². The maximum absolute atomic E-state index is 11.3. The normalized spacial score (nSPS) is 42.2. The summed E-state index contributed by atoms with van der Waals surface area (Å²) in [5, 5.41) is 39.8. The molecule has 0 amide bonds. The Morgan fingerprint density at radius 1 is 1.50 bits per heavy atom. The molecule has 0 aromatic heterocycles. The molecule has 1 aliphatic heterocycles. The van der Waals surface area contributed by atoms with Crippen LogP contribution in [-0.2, 0) is 4.79 Å². The maximum Gasteiger partial charge on any atom is 0.451 e. The van der Waals surface area contributed by atoms with Gasteiger partial charge in [-0.1, -0.05) is 13.3 Å². The highest BCUT2D eigenvalue weighted by Gasteiger charge is 2.61. The van der Waals surface area contributed by atoms with E-state index in [1.165, 1.54) is 0 Å². The molecule has 6 nitrogen and oxygen atoms in total. The van der Waals surface area contributed by atoms with Crippen molar-refractivity contribution < 1.29 is 25.1 Å². The molecule has 0 radical (unpaired) electrons. The van der Waals surface area contributed by atoms with Gasteiger partial charge in [0, 0.05) is 17.4 Å². The molecule has 5 N–H and O–H groups in total. The Balaban J connectivity index is 2.06. The molecule has 5 atom stereocenters. The zero-order chi connectivity index (χ0) is 13.5. The van der Waals surface area contributed by atoms with E-state index < -0.39 is 30.6 Å². The summed E-state index contributed by atoms with van der Waals surface area (Å²) >= 11 is 0. The molecule has 18 heavy (non-hydrogen) atoms. The number of rotatable bonds is 5. The van der Waals surface area contributed by atoms with Crippen molar-refractivity contribution in [2.75, 3.05) is 0 Å². The van der Waals surface area contributed by atoms with Crippen LogP contribution < -0.4 is 5.32 Å². The number of carbonyl (C=O) groups is 1. The molecule has 0 aromatic rings. The average molecular weight is 257 g/mol. The number of hydrogen-bond donors (Lipinski definition) is 5. The first-order chi connectivity index (χ1) is 8.36. The molecule has 102 valence electrons. The van der Waals surface area contributed by atoms with Gasteiger partial charge in [0.25, 0.3) is 0 Å². The Bertz CT molecular complexity index is 339. The Morgan fingerprint density at radius 2 is 2.17 bits per heavy atom. The molecule has 7 heteroatoms. The van der Waals surface area contributed by atoms with Gasteiger partial charge >= 0.3 is 13.1 Å². The second-order valence-electron chi connectivity index (χ2n) is 5.75. The van der Waals surface area contributed by atoms with Gasteiger partial charge in [0.2, 0.25) is 0 Å². The number of hydrogen-bond acceptors (Lipinski definition) is 5. The van der Waals surface area contributed by atoms with Gasteiger partial charge < -0.3 is 25.6 Å². The lowest BCUT2D eigenvalue weighted by atomic mass is 9.60. The molecule has 0 spiro atoms. The third-order valence-corrected chi connectivity index (χ3v) is 4.57. The summed E-state index contributed by atoms with van der Waals surface area (Å²) in [7, 11) is -1.35. The van der Waals surface area contributed by atoms with Crippen LogP contribution in [0.5, 0.6) is 0 Å².